The molecule has 142 valence electrons. The molecule has 1 aromatic carbocycles. The summed E-state index contributed by atoms with van der Waals surface area (Å²) in [6.45, 7) is 0.726. The molecule has 26 heavy (non-hydrogen) atoms. The topological polar surface area (TPSA) is 50.7 Å². The van der Waals surface area contributed by atoms with Gasteiger partial charge in [-0.25, -0.2) is 0 Å². The number of carbonyl (C=O) groups is 1. The predicted octanol–water partition coefficient (Wildman–Crippen LogP) is 4.79. The lowest BCUT2D eigenvalue weighted by atomic mass is 9.93. The van der Waals surface area contributed by atoms with E-state index < -0.39 is 0 Å². The average molecular weight is 393 g/mol. The van der Waals surface area contributed by atoms with Crippen molar-refractivity contribution in [1.29, 1.82) is 0 Å². The Hall–Kier alpha value is -1.14. The van der Waals surface area contributed by atoms with Crippen molar-refractivity contribution >= 4 is 39.4 Å². The Morgan fingerprint density at radius 3 is 3.08 bits per heavy atom. The van der Waals surface area contributed by atoms with Crippen LogP contribution in [0.15, 0.2) is 23.2 Å². The number of nitrogens with one attached hydrogen (secondary N) is 1. The number of amides is 1. The van der Waals surface area contributed by atoms with Crippen molar-refractivity contribution in [3.8, 4) is 5.75 Å². The van der Waals surface area contributed by atoms with Gasteiger partial charge >= 0.3 is 0 Å². The van der Waals surface area contributed by atoms with E-state index in [1.54, 1.807) is 7.11 Å². The molecule has 1 aromatic rings. The zero-order chi connectivity index (χ0) is 18.2. The number of hydrogen-bond donors (Lipinski definition) is 1. The van der Waals surface area contributed by atoms with Gasteiger partial charge in [0.15, 0.2) is 0 Å². The van der Waals surface area contributed by atoms with Gasteiger partial charge in [-0.3, -0.25) is 9.79 Å². The Morgan fingerprint density at radius 1 is 1.35 bits per heavy atom. The Labute approximate surface area is 164 Å². The zero-order valence-electron chi connectivity index (χ0n) is 15.4. The van der Waals surface area contributed by atoms with Crippen LogP contribution in [-0.2, 0) is 11.2 Å². The van der Waals surface area contributed by atoms with E-state index in [1.807, 2.05) is 39.9 Å². The predicted molar refractivity (Wildman–Crippen MR) is 113 cm³/mol. The summed E-state index contributed by atoms with van der Waals surface area (Å²) < 4.78 is 5.30. The summed E-state index contributed by atoms with van der Waals surface area (Å²) in [6, 6.07) is 6.02. The molecular weight excluding hydrogens is 364 g/mol. The maximum absolute atomic E-state index is 12.0. The van der Waals surface area contributed by atoms with Gasteiger partial charge in [-0.05, 0) is 55.9 Å². The van der Waals surface area contributed by atoms with Crippen molar-refractivity contribution < 1.29 is 9.53 Å². The molecule has 2 unspecified atom stereocenters. The number of benzene rings is 1. The number of ether oxygens (including phenoxy) is 1. The second kappa shape index (κ2) is 10.3. The summed E-state index contributed by atoms with van der Waals surface area (Å²) in [5.74, 6) is 2.74. The van der Waals surface area contributed by atoms with Crippen LogP contribution in [-0.4, -0.2) is 36.8 Å². The highest BCUT2D eigenvalue weighted by Gasteiger charge is 2.17. The lowest BCUT2D eigenvalue weighted by molar-refractivity contribution is -0.121. The van der Waals surface area contributed by atoms with Gasteiger partial charge in [0, 0.05) is 36.1 Å². The Morgan fingerprint density at radius 2 is 2.27 bits per heavy atom. The molecule has 0 spiro atoms. The third kappa shape index (κ3) is 5.95. The minimum Gasteiger partial charge on any atom is -0.497 e. The van der Waals surface area contributed by atoms with Crippen molar-refractivity contribution in [3.05, 3.63) is 23.8 Å². The van der Waals surface area contributed by atoms with Gasteiger partial charge in [0.2, 0.25) is 5.91 Å². The lowest BCUT2D eigenvalue weighted by Gasteiger charge is -2.19. The molecule has 4 nitrogen and oxygen atoms in total. The summed E-state index contributed by atoms with van der Waals surface area (Å²) in [4.78, 5) is 16.5. The minimum absolute atomic E-state index is 0.188. The fourth-order valence-electron chi connectivity index (χ4n) is 3.38. The highest BCUT2D eigenvalue weighted by atomic mass is 33.1. The summed E-state index contributed by atoms with van der Waals surface area (Å²) in [5.41, 5.74) is 2.26. The van der Waals surface area contributed by atoms with E-state index in [0.717, 1.165) is 42.5 Å². The normalized spacial score (nSPS) is 21.4. The van der Waals surface area contributed by atoms with Gasteiger partial charge < -0.3 is 10.1 Å². The van der Waals surface area contributed by atoms with E-state index in [-0.39, 0.29) is 5.91 Å². The quantitative estimate of drug-likeness (QED) is 0.485. The highest BCUT2D eigenvalue weighted by molar-refractivity contribution is 8.77. The number of methoxy groups -OCH3 is 1. The van der Waals surface area contributed by atoms with Gasteiger partial charge in [-0.15, -0.1) is 0 Å². The Bertz CT molecular complexity index is 630. The molecule has 0 bridgehead atoms. The Kier molecular flexibility index (Phi) is 7.74. The van der Waals surface area contributed by atoms with Crippen molar-refractivity contribution in [2.45, 2.75) is 50.2 Å². The first-order valence-electron chi connectivity index (χ1n) is 9.50. The molecule has 2 atom stereocenters. The minimum atomic E-state index is 0.188. The molecule has 2 aliphatic heterocycles. The first-order chi connectivity index (χ1) is 12.7. The van der Waals surface area contributed by atoms with Crippen molar-refractivity contribution in [2.24, 2.45) is 10.9 Å². The van der Waals surface area contributed by atoms with E-state index in [4.69, 9.17) is 4.74 Å². The number of carbonyl (C=O) groups excluding carboxylic acids is 1. The molecule has 0 aromatic heterocycles. The SMILES string of the molecule is COc1ccc2c(c1)CC(CCNC(=O)CCCCC1CCSS1)C=N2. The van der Waals surface area contributed by atoms with Crippen LogP contribution in [0.4, 0.5) is 5.69 Å². The number of aliphatic imine (C=N–C) groups is 1. The van der Waals surface area contributed by atoms with Gasteiger partial charge in [0.05, 0.1) is 12.8 Å². The Balaban J connectivity index is 1.30. The number of fused-ring (bicyclic) bond motifs is 1. The third-order valence-electron chi connectivity index (χ3n) is 4.94. The molecular formula is C20H28N2O2S2. The molecule has 1 amide bonds. The number of hydrogen-bond acceptors (Lipinski definition) is 5. The molecule has 2 heterocycles. The van der Waals surface area contributed by atoms with E-state index >= 15 is 0 Å². The molecule has 0 saturated carbocycles. The van der Waals surface area contributed by atoms with Crippen LogP contribution >= 0.6 is 21.6 Å². The zero-order valence-corrected chi connectivity index (χ0v) is 17.0. The van der Waals surface area contributed by atoms with Crippen LogP contribution < -0.4 is 10.1 Å². The molecule has 3 rings (SSSR count). The molecule has 6 heteroatoms. The molecule has 1 N–H and O–H groups in total. The molecule has 0 radical (unpaired) electrons. The van der Waals surface area contributed by atoms with Crippen LogP contribution in [0.2, 0.25) is 0 Å². The standard InChI is InChI=1S/C20H28N2O2S2/c1-24-17-6-7-19-16(13-17)12-15(14-22-19)8-10-21-20(23)5-3-2-4-18-9-11-25-26-18/h6-7,13-15,18H,2-5,8-12H2,1H3,(H,21,23). The maximum Gasteiger partial charge on any atom is 0.219 e. The highest BCUT2D eigenvalue weighted by Crippen LogP contribution is 2.39. The lowest BCUT2D eigenvalue weighted by Crippen LogP contribution is -2.26. The second-order valence-electron chi connectivity index (χ2n) is 6.95. The smallest absolute Gasteiger partial charge is 0.219 e. The molecule has 0 aliphatic carbocycles. The van der Waals surface area contributed by atoms with Gasteiger partial charge in [-0.2, -0.15) is 0 Å². The summed E-state index contributed by atoms with van der Waals surface area (Å²) in [5, 5.41) is 3.89. The maximum atomic E-state index is 12.0. The third-order valence-corrected chi connectivity index (χ3v) is 7.94. The molecule has 1 fully saturated rings. The number of rotatable bonds is 9. The summed E-state index contributed by atoms with van der Waals surface area (Å²) in [7, 11) is 5.70. The first-order valence-corrected chi connectivity index (χ1v) is 11.9. The number of unbranched alkanes of at least 4 members (excludes halogenated alkanes) is 1. The van der Waals surface area contributed by atoms with Crippen molar-refractivity contribution in [3.63, 3.8) is 0 Å². The summed E-state index contributed by atoms with van der Waals surface area (Å²) >= 11 is 0. The fourth-order valence-corrected chi connectivity index (χ4v) is 6.41. The summed E-state index contributed by atoms with van der Waals surface area (Å²) in [6.07, 6.45) is 9.34. The number of nitrogens with zero attached hydrogens (tertiary/aromatic N) is 1. The van der Waals surface area contributed by atoms with E-state index in [0.29, 0.717) is 12.3 Å². The average Bonchev–Trinajstić information content (AvgIpc) is 3.18. The van der Waals surface area contributed by atoms with Crippen LogP contribution in [0.5, 0.6) is 5.75 Å². The van der Waals surface area contributed by atoms with Crippen LogP contribution in [0.3, 0.4) is 0 Å². The van der Waals surface area contributed by atoms with E-state index in [2.05, 4.69) is 16.4 Å². The van der Waals surface area contributed by atoms with Crippen molar-refractivity contribution in [1.82, 2.24) is 5.32 Å². The van der Waals surface area contributed by atoms with E-state index in [1.165, 1.54) is 30.6 Å². The van der Waals surface area contributed by atoms with Gasteiger partial charge in [0.1, 0.15) is 5.75 Å². The van der Waals surface area contributed by atoms with Crippen molar-refractivity contribution in [2.75, 3.05) is 19.4 Å². The van der Waals surface area contributed by atoms with E-state index in [9.17, 15) is 4.79 Å². The largest absolute Gasteiger partial charge is 0.497 e. The van der Waals surface area contributed by atoms with Gasteiger partial charge in [-0.1, -0.05) is 28.0 Å². The molecule has 1 saturated heterocycles. The first kappa shape index (κ1) is 19.6. The monoisotopic (exact) mass is 392 g/mol. The second-order valence-corrected chi connectivity index (χ2v) is 9.74. The van der Waals surface area contributed by atoms with Crippen LogP contribution in [0, 0.1) is 5.92 Å². The molecule has 2 aliphatic rings. The van der Waals surface area contributed by atoms with Crippen LogP contribution in [0.25, 0.3) is 0 Å². The van der Waals surface area contributed by atoms with Crippen LogP contribution in [0.1, 0.15) is 44.1 Å². The fraction of sp³-hybridized carbons (Fsp3) is 0.600. The van der Waals surface area contributed by atoms with Gasteiger partial charge in [0.25, 0.3) is 0 Å².